The second-order valence-electron chi connectivity index (χ2n) is 6.45. The molecular formula is C14H23N3O8S. The molecule has 0 aliphatic carbocycles. The van der Waals surface area contributed by atoms with Gasteiger partial charge in [0, 0.05) is 6.54 Å². The van der Waals surface area contributed by atoms with Gasteiger partial charge in [-0.1, -0.05) is 13.8 Å². The van der Waals surface area contributed by atoms with Crippen LogP contribution < -0.4 is 5.73 Å². The van der Waals surface area contributed by atoms with Crippen molar-refractivity contribution < 1.29 is 36.4 Å². The second-order valence-corrected chi connectivity index (χ2v) is 7.65. The molecule has 26 heavy (non-hydrogen) atoms. The average molecular weight is 393 g/mol. The molecule has 2 fully saturated rings. The first-order valence-electron chi connectivity index (χ1n) is 8.28. The Balaban J connectivity index is 2.07. The number of amides is 3. The molecule has 2 bridgehead atoms. The third-order valence-corrected chi connectivity index (χ3v) is 5.86. The molecule has 0 saturated carbocycles. The molecule has 0 aromatic rings. The van der Waals surface area contributed by atoms with Crippen LogP contribution in [0.1, 0.15) is 39.5 Å². The zero-order chi connectivity index (χ0) is 19.7. The van der Waals surface area contributed by atoms with Crippen molar-refractivity contribution in [2.24, 2.45) is 11.1 Å². The number of hydrogen-bond acceptors (Lipinski definition) is 7. The van der Waals surface area contributed by atoms with E-state index in [9.17, 15) is 27.9 Å². The summed E-state index contributed by atoms with van der Waals surface area (Å²) in [6.45, 7) is 2.72. The Morgan fingerprint density at radius 2 is 1.92 bits per heavy atom. The van der Waals surface area contributed by atoms with Crippen LogP contribution in [0.3, 0.4) is 0 Å². The number of urea groups is 1. The van der Waals surface area contributed by atoms with Crippen LogP contribution in [-0.4, -0.2) is 66.6 Å². The van der Waals surface area contributed by atoms with E-state index >= 15 is 0 Å². The fraction of sp³-hybridized carbons (Fsp3) is 0.786. The van der Waals surface area contributed by atoms with Gasteiger partial charge in [0.05, 0.1) is 18.1 Å². The van der Waals surface area contributed by atoms with E-state index in [-0.39, 0.29) is 19.4 Å². The molecule has 3 amide bonds. The number of carbonyl (C=O) groups is 3. The van der Waals surface area contributed by atoms with Crippen molar-refractivity contribution >= 4 is 28.3 Å². The number of carboxylic acids is 1. The van der Waals surface area contributed by atoms with Crippen LogP contribution in [0.25, 0.3) is 0 Å². The summed E-state index contributed by atoms with van der Waals surface area (Å²) >= 11 is 0. The molecule has 0 aromatic heterocycles. The summed E-state index contributed by atoms with van der Waals surface area (Å²) in [6.07, 6.45) is 0.968. The molecule has 2 aliphatic rings. The topological polar surface area (TPSA) is 157 Å². The van der Waals surface area contributed by atoms with E-state index in [1.807, 2.05) is 0 Å². The van der Waals surface area contributed by atoms with E-state index in [1.54, 1.807) is 13.8 Å². The average Bonchev–Trinajstić information content (AvgIpc) is 2.80. The fourth-order valence-corrected chi connectivity index (χ4v) is 3.94. The minimum absolute atomic E-state index is 0.116. The number of aliphatic carboxylic acids is 1. The molecule has 0 spiro atoms. The Hall–Kier alpha value is -1.92. The zero-order valence-electron chi connectivity index (χ0n) is 14.6. The molecule has 148 valence electrons. The summed E-state index contributed by atoms with van der Waals surface area (Å²) in [6, 6.07) is -2.16. The van der Waals surface area contributed by atoms with Crippen molar-refractivity contribution in [1.29, 1.82) is 0 Å². The van der Waals surface area contributed by atoms with Gasteiger partial charge < -0.3 is 15.7 Å². The van der Waals surface area contributed by atoms with Crippen LogP contribution in [-0.2, 0) is 28.5 Å². The lowest BCUT2D eigenvalue weighted by molar-refractivity contribution is -0.151. The molecule has 11 nitrogen and oxygen atoms in total. The molecule has 0 aromatic carbocycles. The number of fused-ring (bicyclic) bond motifs is 2. The lowest BCUT2D eigenvalue weighted by Crippen LogP contribution is -2.47. The summed E-state index contributed by atoms with van der Waals surface area (Å²) in [5.74, 6) is -1.85. The molecule has 2 saturated heterocycles. The largest absolute Gasteiger partial charge is 0.481 e. The summed E-state index contributed by atoms with van der Waals surface area (Å²) < 4.78 is 33.7. The maximum absolute atomic E-state index is 12.3. The van der Waals surface area contributed by atoms with E-state index in [0.717, 1.165) is 4.90 Å². The van der Waals surface area contributed by atoms with E-state index in [1.165, 1.54) is 0 Å². The van der Waals surface area contributed by atoms with Gasteiger partial charge in [-0.2, -0.15) is 13.5 Å². The molecule has 3 N–H and O–H groups in total. The van der Waals surface area contributed by atoms with Crippen LogP contribution in [0.5, 0.6) is 0 Å². The van der Waals surface area contributed by atoms with E-state index in [0.29, 0.717) is 17.9 Å². The monoisotopic (exact) mass is 393 g/mol. The molecule has 2 rings (SSSR count). The van der Waals surface area contributed by atoms with Gasteiger partial charge in [-0.25, -0.2) is 8.98 Å². The van der Waals surface area contributed by atoms with Crippen molar-refractivity contribution in [3.05, 3.63) is 0 Å². The van der Waals surface area contributed by atoms with Gasteiger partial charge in [0.25, 0.3) is 0 Å². The predicted molar refractivity (Wildman–Crippen MR) is 86.6 cm³/mol. The first-order valence-corrected chi connectivity index (χ1v) is 9.61. The summed E-state index contributed by atoms with van der Waals surface area (Å²) in [4.78, 5) is 36.3. The molecule has 0 radical (unpaired) electrons. The van der Waals surface area contributed by atoms with Gasteiger partial charge in [0.2, 0.25) is 5.91 Å². The Morgan fingerprint density at radius 3 is 2.42 bits per heavy atom. The number of rotatable bonds is 9. The number of hydroxylamine groups is 2. The Bertz CT molecular complexity index is 690. The lowest BCUT2D eigenvalue weighted by atomic mass is 9.83. The van der Waals surface area contributed by atoms with Crippen LogP contribution >= 0.6 is 0 Å². The first kappa shape index (κ1) is 20.4. The zero-order valence-corrected chi connectivity index (χ0v) is 15.4. The Labute approximate surface area is 151 Å². The van der Waals surface area contributed by atoms with Gasteiger partial charge in [-0.15, -0.1) is 4.28 Å². The second kappa shape index (κ2) is 7.37. The summed E-state index contributed by atoms with van der Waals surface area (Å²) in [5, 5.41) is 9.97. The van der Waals surface area contributed by atoms with Crippen molar-refractivity contribution in [3.63, 3.8) is 0 Å². The predicted octanol–water partition coefficient (Wildman–Crippen LogP) is -0.176. The number of primary amides is 1. The lowest BCUT2D eigenvalue weighted by Gasteiger charge is -2.27. The standard InChI is InChI=1S/C14H23N3O8S/c1-3-14(4-2,12(19)20)8-24-26(22,23)25-17-9-5-6-10(11(15)18)16(7-9)13(17)21/h9-10H,3-8H2,1-2H3,(H2,15,18)(H,19,20)/t9-,10+/m1/s1. The van der Waals surface area contributed by atoms with Crippen LogP contribution in [0.2, 0.25) is 0 Å². The maximum Gasteiger partial charge on any atom is 0.421 e. The summed E-state index contributed by atoms with van der Waals surface area (Å²) in [5.41, 5.74) is 3.88. The normalized spacial score (nSPS) is 23.4. The van der Waals surface area contributed by atoms with Crippen molar-refractivity contribution in [1.82, 2.24) is 9.96 Å². The Morgan fingerprint density at radius 1 is 1.31 bits per heavy atom. The molecule has 2 heterocycles. The number of piperidine rings is 1. The van der Waals surface area contributed by atoms with Crippen molar-refractivity contribution in [2.75, 3.05) is 13.2 Å². The smallest absolute Gasteiger partial charge is 0.421 e. The van der Waals surface area contributed by atoms with Crippen molar-refractivity contribution in [2.45, 2.75) is 51.6 Å². The quantitative estimate of drug-likeness (QED) is 0.546. The van der Waals surface area contributed by atoms with Gasteiger partial charge >= 0.3 is 22.4 Å². The molecule has 12 heteroatoms. The van der Waals surface area contributed by atoms with E-state index in [2.05, 4.69) is 0 Å². The van der Waals surface area contributed by atoms with Crippen LogP contribution in [0.4, 0.5) is 4.79 Å². The maximum atomic E-state index is 12.3. The van der Waals surface area contributed by atoms with Gasteiger partial charge in [-0.05, 0) is 25.7 Å². The molecule has 2 atom stereocenters. The number of hydrogen-bond donors (Lipinski definition) is 2. The molecule has 2 aliphatic heterocycles. The molecular weight excluding hydrogens is 370 g/mol. The van der Waals surface area contributed by atoms with Crippen molar-refractivity contribution in [3.8, 4) is 0 Å². The third kappa shape index (κ3) is 3.76. The summed E-state index contributed by atoms with van der Waals surface area (Å²) in [7, 11) is -4.66. The van der Waals surface area contributed by atoms with Crippen LogP contribution in [0, 0.1) is 5.41 Å². The highest BCUT2D eigenvalue weighted by Crippen LogP contribution is 2.32. The first-order chi connectivity index (χ1) is 12.1. The van der Waals surface area contributed by atoms with E-state index < -0.39 is 52.4 Å². The molecule has 0 unspecified atom stereocenters. The van der Waals surface area contributed by atoms with Crippen LogP contribution in [0.15, 0.2) is 0 Å². The highest BCUT2D eigenvalue weighted by Gasteiger charge is 2.49. The number of carbonyl (C=O) groups excluding carboxylic acids is 2. The highest BCUT2D eigenvalue weighted by atomic mass is 32.3. The number of nitrogens with zero attached hydrogens (tertiary/aromatic N) is 2. The fourth-order valence-electron chi connectivity index (χ4n) is 3.15. The van der Waals surface area contributed by atoms with Gasteiger partial charge in [0.15, 0.2) is 0 Å². The van der Waals surface area contributed by atoms with E-state index in [4.69, 9.17) is 14.2 Å². The van der Waals surface area contributed by atoms with Gasteiger partial charge in [-0.3, -0.25) is 9.59 Å². The van der Waals surface area contributed by atoms with Gasteiger partial charge in [0.1, 0.15) is 6.04 Å². The minimum atomic E-state index is -4.66. The number of carboxylic acid groups (broad SMARTS) is 1. The third-order valence-electron chi connectivity index (χ3n) is 5.11. The minimum Gasteiger partial charge on any atom is -0.481 e. The Kier molecular flexibility index (Phi) is 5.78. The highest BCUT2D eigenvalue weighted by molar-refractivity contribution is 7.81. The number of nitrogens with two attached hydrogens (primary N) is 1. The SMILES string of the molecule is CCC(CC)(COS(=O)(=O)ON1C(=O)N2C[C@H]1CC[C@H]2C(N)=O)C(=O)O.